The van der Waals surface area contributed by atoms with E-state index in [2.05, 4.69) is 40.3 Å². The second kappa shape index (κ2) is 3.91. The van der Waals surface area contributed by atoms with E-state index in [1.807, 2.05) is 11.8 Å². The van der Waals surface area contributed by atoms with Gasteiger partial charge in [0.05, 0.1) is 10.5 Å². The third-order valence-corrected chi connectivity index (χ3v) is 5.02. The van der Waals surface area contributed by atoms with Gasteiger partial charge in [0.25, 0.3) is 0 Å². The van der Waals surface area contributed by atoms with E-state index in [0.29, 0.717) is 6.04 Å². The SMILES string of the molecule is Cc1cc(Br)c2c(c1)C1CC(C)(O2)N(C2CC2)C(=O)N1. The Bertz CT molecular complexity index is 614. The number of ether oxygens (including phenoxy) is 1. The first kappa shape index (κ1) is 12.5. The summed E-state index contributed by atoms with van der Waals surface area (Å²) < 4.78 is 7.25. The Balaban J connectivity index is 1.83. The van der Waals surface area contributed by atoms with Crippen LogP contribution >= 0.6 is 15.9 Å². The highest BCUT2D eigenvalue weighted by molar-refractivity contribution is 9.10. The minimum absolute atomic E-state index is 0.00882. The molecule has 2 heterocycles. The fourth-order valence-corrected chi connectivity index (χ4v) is 4.14. The molecule has 1 saturated heterocycles. The van der Waals surface area contributed by atoms with Crippen LogP contribution in [-0.2, 0) is 0 Å². The molecular weight excluding hydrogens is 320 g/mol. The van der Waals surface area contributed by atoms with Crippen molar-refractivity contribution in [1.29, 1.82) is 0 Å². The first-order chi connectivity index (χ1) is 9.48. The van der Waals surface area contributed by atoms with Crippen LogP contribution in [0.1, 0.15) is 43.4 Å². The number of fused-ring (bicyclic) bond motifs is 4. The fraction of sp³-hybridized carbons (Fsp3) is 0.533. The van der Waals surface area contributed by atoms with Gasteiger partial charge in [-0.15, -0.1) is 0 Å². The van der Waals surface area contributed by atoms with Gasteiger partial charge in [-0.1, -0.05) is 6.07 Å². The van der Waals surface area contributed by atoms with Gasteiger partial charge in [0.1, 0.15) is 5.75 Å². The number of nitrogens with zero attached hydrogens (tertiary/aromatic N) is 1. The zero-order valence-electron chi connectivity index (χ0n) is 11.6. The maximum Gasteiger partial charge on any atom is 0.321 e. The standard InChI is InChI=1S/C15H17BrN2O2/c1-8-5-10-12-7-15(2,20-13(10)11(16)6-8)18(9-3-4-9)14(19)17-12/h5-6,9,12H,3-4,7H2,1-2H3,(H,17,19). The van der Waals surface area contributed by atoms with E-state index in [4.69, 9.17) is 4.74 Å². The predicted octanol–water partition coefficient (Wildman–Crippen LogP) is 3.48. The van der Waals surface area contributed by atoms with Crippen molar-refractivity contribution < 1.29 is 9.53 Å². The van der Waals surface area contributed by atoms with Gasteiger partial charge >= 0.3 is 6.03 Å². The molecule has 0 radical (unpaired) electrons. The lowest BCUT2D eigenvalue weighted by atomic mass is 9.89. The average molecular weight is 337 g/mol. The van der Waals surface area contributed by atoms with Crippen molar-refractivity contribution in [3.63, 3.8) is 0 Å². The number of rotatable bonds is 1. The largest absolute Gasteiger partial charge is 0.466 e. The van der Waals surface area contributed by atoms with E-state index in [0.717, 1.165) is 35.0 Å². The first-order valence-electron chi connectivity index (χ1n) is 7.07. The number of hydrogen-bond acceptors (Lipinski definition) is 2. The van der Waals surface area contributed by atoms with Gasteiger partial charge in [-0.05, 0) is 54.2 Å². The Kier molecular flexibility index (Phi) is 2.44. The molecule has 106 valence electrons. The summed E-state index contributed by atoms with van der Waals surface area (Å²) in [6.07, 6.45) is 2.97. The monoisotopic (exact) mass is 336 g/mol. The summed E-state index contributed by atoms with van der Waals surface area (Å²) in [6, 6.07) is 4.56. The van der Waals surface area contributed by atoms with E-state index in [-0.39, 0.29) is 12.1 Å². The van der Waals surface area contributed by atoms with Crippen LogP contribution in [0.4, 0.5) is 4.79 Å². The Morgan fingerprint density at radius 2 is 2.20 bits per heavy atom. The second-order valence-electron chi connectivity index (χ2n) is 6.25. The summed E-state index contributed by atoms with van der Waals surface area (Å²) in [5, 5.41) is 3.14. The van der Waals surface area contributed by atoms with Crippen LogP contribution in [0.3, 0.4) is 0 Å². The van der Waals surface area contributed by atoms with E-state index in [1.54, 1.807) is 0 Å². The Morgan fingerprint density at radius 3 is 2.90 bits per heavy atom. The van der Waals surface area contributed by atoms with Crippen LogP contribution in [0, 0.1) is 6.92 Å². The quantitative estimate of drug-likeness (QED) is 0.852. The molecule has 2 bridgehead atoms. The van der Waals surface area contributed by atoms with Crippen LogP contribution in [0.15, 0.2) is 16.6 Å². The van der Waals surface area contributed by atoms with Gasteiger partial charge < -0.3 is 10.1 Å². The summed E-state index contributed by atoms with van der Waals surface area (Å²) in [5.74, 6) is 0.875. The smallest absolute Gasteiger partial charge is 0.321 e. The van der Waals surface area contributed by atoms with Crippen LogP contribution < -0.4 is 10.1 Å². The molecule has 1 aromatic rings. The Hall–Kier alpha value is -1.23. The van der Waals surface area contributed by atoms with Crippen molar-refractivity contribution >= 4 is 22.0 Å². The van der Waals surface area contributed by atoms with E-state index >= 15 is 0 Å². The molecule has 1 saturated carbocycles. The minimum Gasteiger partial charge on any atom is -0.466 e. The zero-order valence-corrected chi connectivity index (χ0v) is 13.2. The highest BCUT2D eigenvalue weighted by Gasteiger charge is 2.54. The highest BCUT2D eigenvalue weighted by Crippen LogP contribution is 2.49. The first-order valence-corrected chi connectivity index (χ1v) is 7.86. The van der Waals surface area contributed by atoms with Gasteiger partial charge in [-0.3, -0.25) is 4.90 Å². The van der Waals surface area contributed by atoms with Crippen molar-refractivity contribution in [2.45, 2.75) is 50.9 Å². The third kappa shape index (κ3) is 1.68. The molecule has 2 unspecified atom stereocenters. The van der Waals surface area contributed by atoms with Gasteiger partial charge in [-0.2, -0.15) is 0 Å². The summed E-state index contributed by atoms with van der Waals surface area (Å²) in [4.78, 5) is 14.3. The van der Waals surface area contributed by atoms with Gasteiger partial charge in [0, 0.05) is 18.0 Å². The Morgan fingerprint density at radius 1 is 1.45 bits per heavy atom. The number of hydrogen-bond donors (Lipinski definition) is 1. The fourth-order valence-electron chi connectivity index (χ4n) is 3.47. The molecule has 0 spiro atoms. The number of halogens is 1. The van der Waals surface area contributed by atoms with Crippen LogP contribution in [0.25, 0.3) is 0 Å². The molecular formula is C15H17BrN2O2. The van der Waals surface area contributed by atoms with Crippen LogP contribution in [0.2, 0.25) is 0 Å². The molecule has 1 aromatic carbocycles. The molecule has 4 rings (SSSR count). The zero-order chi connectivity index (χ0) is 14.1. The number of aryl methyl sites for hydroxylation is 1. The number of carbonyl (C=O) groups excluding carboxylic acids is 1. The van der Waals surface area contributed by atoms with Crippen molar-refractivity contribution in [2.24, 2.45) is 0 Å². The molecule has 1 N–H and O–H groups in total. The predicted molar refractivity (Wildman–Crippen MR) is 78.7 cm³/mol. The molecule has 2 fully saturated rings. The van der Waals surface area contributed by atoms with Gasteiger partial charge in [-0.25, -0.2) is 4.79 Å². The maximum absolute atomic E-state index is 12.4. The average Bonchev–Trinajstić information content (AvgIpc) is 3.14. The lowest BCUT2D eigenvalue weighted by Gasteiger charge is -2.51. The summed E-state index contributed by atoms with van der Waals surface area (Å²) in [5.41, 5.74) is 1.72. The summed E-state index contributed by atoms with van der Waals surface area (Å²) >= 11 is 3.60. The number of nitrogens with one attached hydrogen (secondary N) is 1. The van der Waals surface area contributed by atoms with E-state index < -0.39 is 5.72 Å². The summed E-state index contributed by atoms with van der Waals surface area (Å²) in [7, 11) is 0. The van der Waals surface area contributed by atoms with Crippen molar-refractivity contribution in [2.75, 3.05) is 0 Å². The summed E-state index contributed by atoms with van der Waals surface area (Å²) in [6.45, 7) is 4.09. The normalized spacial score (nSPS) is 31.4. The van der Waals surface area contributed by atoms with Gasteiger partial charge in [0.2, 0.25) is 0 Å². The lowest BCUT2D eigenvalue weighted by molar-refractivity contribution is -0.0883. The Labute approximate surface area is 126 Å². The highest BCUT2D eigenvalue weighted by atomic mass is 79.9. The second-order valence-corrected chi connectivity index (χ2v) is 7.10. The molecule has 2 atom stereocenters. The van der Waals surface area contributed by atoms with E-state index in [9.17, 15) is 4.79 Å². The molecule has 0 aromatic heterocycles. The number of amides is 2. The van der Waals surface area contributed by atoms with Crippen molar-refractivity contribution in [3.05, 3.63) is 27.7 Å². The van der Waals surface area contributed by atoms with Crippen molar-refractivity contribution in [3.8, 4) is 5.75 Å². The molecule has 4 nitrogen and oxygen atoms in total. The lowest BCUT2D eigenvalue weighted by Crippen LogP contribution is -2.65. The number of benzene rings is 1. The molecule has 3 aliphatic rings. The number of carbonyl (C=O) groups is 1. The molecule has 2 amide bonds. The van der Waals surface area contributed by atoms with Crippen LogP contribution in [0.5, 0.6) is 5.75 Å². The maximum atomic E-state index is 12.4. The molecule has 5 heteroatoms. The van der Waals surface area contributed by atoms with Crippen LogP contribution in [-0.4, -0.2) is 22.7 Å². The molecule has 1 aliphatic carbocycles. The molecule has 2 aliphatic heterocycles. The van der Waals surface area contributed by atoms with E-state index in [1.165, 1.54) is 5.56 Å². The topological polar surface area (TPSA) is 41.6 Å². The minimum atomic E-state index is -0.529. The van der Waals surface area contributed by atoms with Gasteiger partial charge in [0.15, 0.2) is 5.72 Å². The molecule has 20 heavy (non-hydrogen) atoms. The number of urea groups is 1. The third-order valence-electron chi connectivity index (χ3n) is 4.44. The van der Waals surface area contributed by atoms with Crippen molar-refractivity contribution in [1.82, 2.24) is 10.2 Å².